The molecule has 1 rings (SSSR count). The second kappa shape index (κ2) is 12.9. The Hall–Kier alpha value is -1.57. The number of thiol groups is 1. The molecular formula is C22H37N3O3S. The third kappa shape index (κ3) is 10.1. The zero-order valence-corrected chi connectivity index (χ0v) is 18.9. The SMILES string of the molecule is CC(C)C[C@@H](NC(=O)[C@H](Cc1ccccc1)NCC(S)[C@@H](N)CC(C)C)C(=O)O. The number of carboxylic acid groups (broad SMARTS) is 1. The van der Waals surface area contributed by atoms with Gasteiger partial charge in [-0.2, -0.15) is 12.6 Å². The number of hydrogen-bond donors (Lipinski definition) is 5. The van der Waals surface area contributed by atoms with Gasteiger partial charge in [0.15, 0.2) is 0 Å². The van der Waals surface area contributed by atoms with E-state index in [0.29, 0.717) is 25.3 Å². The number of aliphatic carboxylic acids is 1. The predicted molar refractivity (Wildman–Crippen MR) is 121 cm³/mol. The molecule has 0 saturated carbocycles. The number of nitrogens with two attached hydrogens (primary N) is 1. The van der Waals surface area contributed by atoms with Crippen molar-refractivity contribution in [3.63, 3.8) is 0 Å². The van der Waals surface area contributed by atoms with E-state index in [1.807, 2.05) is 44.2 Å². The molecular weight excluding hydrogens is 386 g/mol. The molecule has 0 radical (unpaired) electrons. The van der Waals surface area contributed by atoms with Gasteiger partial charge < -0.3 is 21.5 Å². The zero-order chi connectivity index (χ0) is 22.0. The van der Waals surface area contributed by atoms with Crippen molar-refractivity contribution in [2.45, 2.75) is 70.3 Å². The minimum absolute atomic E-state index is 0.0843. The maximum absolute atomic E-state index is 12.9. The lowest BCUT2D eigenvalue weighted by atomic mass is 10.00. The van der Waals surface area contributed by atoms with Crippen LogP contribution in [0.15, 0.2) is 30.3 Å². The van der Waals surface area contributed by atoms with Crippen LogP contribution in [-0.2, 0) is 16.0 Å². The first-order chi connectivity index (χ1) is 13.6. The zero-order valence-electron chi connectivity index (χ0n) is 18.0. The van der Waals surface area contributed by atoms with Crippen LogP contribution in [0.2, 0.25) is 0 Å². The van der Waals surface area contributed by atoms with Crippen molar-refractivity contribution in [2.24, 2.45) is 17.6 Å². The van der Waals surface area contributed by atoms with Gasteiger partial charge in [0, 0.05) is 17.8 Å². The molecule has 5 N–H and O–H groups in total. The molecule has 0 heterocycles. The maximum Gasteiger partial charge on any atom is 0.326 e. The molecule has 164 valence electrons. The molecule has 1 unspecified atom stereocenters. The van der Waals surface area contributed by atoms with E-state index in [0.717, 1.165) is 12.0 Å². The molecule has 0 aliphatic carbocycles. The minimum Gasteiger partial charge on any atom is -0.480 e. The number of rotatable bonds is 13. The van der Waals surface area contributed by atoms with Crippen LogP contribution in [0.1, 0.15) is 46.1 Å². The van der Waals surface area contributed by atoms with Gasteiger partial charge in [-0.1, -0.05) is 58.0 Å². The summed E-state index contributed by atoms with van der Waals surface area (Å²) in [5.41, 5.74) is 7.21. The fraction of sp³-hybridized carbons (Fsp3) is 0.636. The summed E-state index contributed by atoms with van der Waals surface area (Å²) in [4.78, 5) is 24.5. The predicted octanol–water partition coefficient (Wildman–Crippen LogP) is 2.47. The molecule has 0 aliphatic heterocycles. The Labute approximate surface area is 180 Å². The summed E-state index contributed by atoms with van der Waals surface area (Å²) in [7, 11) is 0. The Morgan fingerprint density at radius 3 is 2.14 bits per heavy atom. The molecule has 29 heavy (non-hydrogen) atoms. The average Bonchev–Trinajstić information content (AvgIpc) is 2.63. The standard InChI is InChI=1S/C22H37N3O3S/c1-14(2)10-17(23)20(29)13-24-18(12-16-8-6-5-7-9-16)21(26)25-19(22(27)28)11-15(3)4/h5-9,14-15,17-20,24,29H,10-13,23H2,1-4H3,(H,25,26)(H,27,28)/t17-,18-,19+,20?/m0/s1. The number of benzene rings is 1. The summed E-state index contributed by atoms with van der Waals surface area (Å²) >= 11 is 4.60. The molecule has 0 saturated heterocycles. The second-order valence-corrected chi connectivity index (χ2v) is 9.20. The van der Waals surface area contributed by atoms with Gasteiger partial charge in [-0.25, -0.2) is 4.79 Å². The van der Waals surface area contributed by atoms with Crippen molar-refractivity contribution < 1.29 is 14.7 Å². The summed E-state index contributed by atoms with van der Waals surface area (Å²) in [5.74, 6) is -0.709. The van der Waals surface area contributed by atoms with Crippen LogP contribution in [0.25, 0.3) is 0 Å². The Bertz CT molecular complexity index is 625. The molecule has 0 bridgehead atoms. The third-order valence-electron chi connectivity index (χ3n) is 4.73. The summed E-state index contributed by atoms with van der Waals surface area (Å²) < 4.78 is 0. The van der Waals surface area contributed by atoms with Crippen LogP contribution in [0.5, 0.6) is 0 Å². The van der Waals surface area contributed by atoms with Crippen LogP contribution in [-0.4, -0.2) is 46.9 Å². The minimum atomic E-state index is -1.02. The van der Waals surface area contributed by atoms with Gasteiger partial charge in [-0.05, 0) is 36.7 Å². The van der Waals surface area contributed by atoms with Gasteiger partial charge in [0.2, 0.25) is 5.91 Å². The van der Waals surface area contributed by atoms with E-state index in [1.165, 1.54) is 0 Å². The number of carbonyl (C=O) groups is 2. The van der Waals surface area contributed by atoms with E-state index in [4.69, 9.17) is 5.73 Å². The highest BCUT2D eigenvalue weighted by molar-refractivity contribution is 7.81. The quantitative estimate of drug-likeness (QED) is 0.314. The number of hydrogen-bond acceptors (Lipinski definition) is 5. The van der Waals surface area contributed by atoms with Crippen molar-refractivity contribution in [1.82, 2.24) is 10.6 Å². The lowest BCUT2D eigenvalue weighted by Crippen LogP contribution is -2.53. The second-order valence-electron chi connectivity index (χ2n) is 8.54. The largest absolute Gasteiger partial charge is 0.480 e. The van der Waals surface area contributed by atoms with Gasteiger partial charge in [0.05, 0.1) is 6.04 Å². The Balaban J connectivity index is 2.84. The number of carboxylic acids is 1. The first-order valence-corrected chi connectivity index (χ1v) is 10.9. The Morgan fingerprint density at radius 1 is 1.03 bits per heavy atom. The van der Waals surface area contributed by atoms with Gasteiger partial charge >= 0.3 is 5.97 Å². The van der Waals surface area contributed by atoms with Gasteiger partial charge in [-0.3, -0.25) is 4.79 Å². The summed E-state index contributed by atoms with van der Waals surface area (Å²) in [5, 5.41) is 15.3. The number of nitrogens with one attached hydrogen (secondary N) is 2. The molecule has 4 atom stereocenters. The summed E-state index contributed by atoms with van der Waals surface area (Å²) in [6.45, 7) is 8.55. The number of amides is 1. The van der Waals surface area contributed by atoms with E-state index in [-0.39, 0.29) is 23.1 Å². The van der Waals surface area contributed by atoms with Crippen molar-refractivity contribution in [3.8, 4) is 0 Å². The van der Waals surface area contributed by atoms with Crippen LogP contribution in [0, 0.1) is 11.8 Å². The average molecular weight is 424 g/mol. The van der Waals surface area contributed by atoms with Crippen molar-refractivity contribution in [1.29, 1.82) is 0 Å². The normalized spacial score (nSPS) is 15.7. The summed E-state index contributed by atoms with van der Waals surface area (Å²) in [6, 6.07) is 8.11. The van der Waals surface area contributed by atoms with E-state index in [9.17, 15) is 14.7 Å². The maximum atomic E-state index is 12.9. The fourth-order valence-electron chi connectivity index (χ4n) is 3.19. The molecule has 1 aromatic carbocycles. The highest BCUT2D eigenvalue weighted by Gasteiger charge is 2.27. The van der Waals surface area contributed by atoms with Gasteiger partial charge in [0.25, 0.3) is 0 Å². The highest BCUT2D eigenvalue weighted by Crippen LogP contribution is 2.12. The Morgan fingerprint density at radius 2 is 1.62 bits per heavy atom. The lowest BCUT2D eigenvalue weighted by molar-refractivity contribution is -0.142. The van der Waals surface area contributed by atoms with E-state index in [1.54, 1.807) is 0 Å². The first kappa shape index (κ1) is 25.5. The molecule has 0 spiro atoms. The molecule has 0 aromatic heterocycles. The van der Waals surface area contributed by atoms with E-state index in [2.05, 4.69) is 37.1 Å². The lowest BCUT2D eigenvalue weighted by Gasteiger charge is -2.26. The van der Waals surface area contributed by atoms with Crippen LogP contribution < -0.4 is 16.4 Å². The van der Waals surface area contributed by atoms with Crippen LogP contribution in [0.3, 0.4) is 0 Å². The van der Waals surface area contributed by atoms with Gasteiger partial charge in [-0.15, -0.1) is 0 Å². The van der Waals surface area contributed by atoms with Crippen molar-refractivity contribution >= 4 is 24.5 Å². The summed E-state index contributed by atoms with van der Waals surface area (Å²) in [6.07, 6.45) is 1.69. The molecule has 0 fully saturated rings. The molecule has 1 aromatic rings. The smallest absolute Gasteiger partial charge is 0.326 e. The third-order valence-corrected chi connectivity index (χ3v) is 5.30. The first-order valence-electron chi connectivity index (χ1n) is 10.3. The fourth-order valence-corrected chi connectivity index (χ4v) is 3.42. The van der Waals surface area contributed by atoms with Gasteiger partial charge in [0.1, 0.15) is 6.04 Å². The molecule has 0 aliphatic rings. The number of carbonyl (C=O) groups excluding carboxylic acids is 1. The van der Waals surface area contributed by atoms with E-state index < -0.39 is 18.1 Å². The van der Waals surface area contributed by atoms with Crippen molar-refractivity contribution in [3.05, 3.63) is 35.9 Å². The monoisotopic (exact) mass is 423 g/mol. The highest BCUT2D eigenvalue weighted by atomic mass is 32.1. The van der Waals surface area contributed by atoms with E-state index >= 15 is 0 Å². The molecule has 1 amide bonds. The Kier molecular flexibility index (Phi) is 11.3. The molecule has 7 heteroatoms. The van der Waals surface area contributed by atoms with Crippen LogP contribution >= 0.6 is 12.6 Å². The molecule has 6 nitrogen and oxygen atoms in total. The van der Waals surface area contributed by atoms with Crippen molar-refractivity contribution in [2.75, 3.05) is 6.54 Å². The van der Waals surface area contributed by atoms with Crippen LogP contribution in [0.4, 0.5) is 0 Å². The topological polar surface area (TPSA) is 104 Å².